The van der Waals surface area contributed by atoms with E-state index in [-0.39, 0.29) is 28.4 Å². The van der Waals surface area contributed by atoms with Gasteiger partial charge in [0.25, 0.3) is 0 Å². The lowest BCUT2D eigenvalue weighted by Gasteiger charge is -2.16. The van der Waals surface area contributed by atoms with Gasteiger partial charge in [-0.25, -0.2) is 0 Å². The zero-order valence-electron chi connectivity index (χ0n) is 10.7. The van der Waals surface area contributed by atoms with Crippen molar-refractivity contribution in [2.45, 2.75) is 6.42 Å². The molecule has 3 nitrogen and oxygen atoms in total. The highest BCUT2D eigenvalue weighted by Gasteiger charge is 2.27. The van der Waals surface area contributed by atoms with Gasteiger partial charge in [0.1, 0.15) is 5.75 Å². The fraction of sp³-hybridized carbons (Fsp3) is 0.0588. The summed E-state index contributed by atoms with van der Waals surface area (Å²) in [6.07, 6.45) is 1.76. The predicted octanol–water partition coefficient (Wildman–Crippen LogP) is 2.94. The maximum absolute atomic E-state index is 12.4. The Morgan fingerprint density at radius 3 is 2.40 bits per heavy atom. The summed E-state index contributed by atoms with van der Waals surface area (Å²) in [6.45, 7) is 0. The van der Waals surface area contributed by atoms with Crippen LogP contribution in [0.2, 0.25) is 0 Å². The van der Waals surface area contributed by atoms with E-state index in [4.69, 9.17) is 0 Å². The monoisotopic (exact) mass is 264 g/mol. The molecular formula is C17H12O3. The molecule has 2 aromatic rings. The maximum Gasteiger partial charge on any atom is 0.193 e. The van der Waals surface area contributed by atoms with Crippen LogP contribution in [0, 0.1) is 0 Å². The number of carbonyl (C=O) groups excluding carboxylic acids is 2. The van der Waals surface area contributed by atoms with Crippen LogP contribution in [0.15, 0.2) is 60.2 Å². The summed E-state index contributed by atoms with van der Waals surface area (Å²) in [5.41, 5.74) is 1.76. The zero-order chi connectivity index (χ0) is 14.1. The molecule has 0 saturated carbocycles. The van der Waals surface area contributed by atoms with Gasteiger partial charge in [-0.2, -0.15) is 0 Å². The molecule has 0 radical (unpaired) electrons. The Hall–Kier alpha value is -2.68. The van der Waals surface area contributed by atoms with Crippen molar-refractivity contribution in [2.24, 2.45) is 0 Å². The topological polar surface area (TPSA) is 54.4 Å². The first-order chi connectivity index (χ1) is 9.66. The minimum atomic E-state index is -0.276. The van der Waals surface area contributed by atoms with Crippen LogP contribution in [0.3, 0.4) is 0 Å². The van der Waals surface area contributed by atoms with E-state index in [2.05, 4.69) is 0 Å². The third-order valence-electron chi connectivity index (χ3n) is 3.37. The molecule has 0 fully saturated rings. The number of rotatable bonds is 2. The molecule has 0 aliphatic heterocycles. The van der Waals surface area contributed by atoms with E-state index in [0.29, 0.717) is 12.0 Å². The van der Waals surface area contributed by atoms with Crippen molar-refractivity contribution >= 4 is 11.6 Å². The van der Waals surface area contributed by atoms with Crippen LogP contribution in [0.5, 0.6) is 5.75 Å². The van der Waals surface area contributed by atoms with E-state index >= 15 is 0 Å². The molecule has 0 bridgehead atoms. The quantitative estimate of drug-likeness (QED) is 0.907. The van der Waals surface area contributed by atoms with Gasteiger partial charge in [-0.3, -0.25) is 9.59 Å². The minimum absolute atomic E-state index is 0.117. The lowest BCUT2D eigenvalue weighted by Crippen LogP contribution is -2.18. The molecule has 0 atom stereocenters. The summed E-state index contributed by atoms with van der Waals surface area (Å²) < 4.78 is 0. The van der Waals surface area contributed by atoms with Gasteiger partial charge in [0.05, 0.1) is 5.56 Å². The van der Waals surface area contributed by atoms with Gasteiger partial charge in [0.15, 0.2) is 11.6 Å². The maximum atomic E-state index is 12.4. The predicted molar refractivity (Wildman–Crippen MR) is 75.0 cm³/mol. The molecule has 0 unspecified atom stereocenters. The van der Waals surface area contributed by atoms with Crippen molar-refractivity contribution in [1.82, 2.24) is 0 Å². The van der Waals surface area contributed by atoms with E-state index in [0.717, 1.165) is 5.56 Å². The van der Waals surface area contributed by atoms with Crippen molar-refractivity contribution in [2.75, 3.05) is 0 Å². The number of phenols is 1. The fourth-order valence-corrected chi connectivity index (χ4v) is 2.39. The van der Waals surface area contributed by atoms with Crippen LogP contribution in [-0.4, -0.2) is 16.7 Å². The van der Waals surface area contributed by atoms with Crippen LogP contribution >= 0.6 is 0 Å². The second kappa shape index (κ2) is 4.78. The summed E-state index contributed by atoms with van der Waals surface area (Å²) in [6, 6.07) is 14.0. The highest BCUT2D eigenvalue weighted by Crippen LogP contribution is 2.29. The second-order valence-corrected chi connectivity index (χ2v) is 4.73. The third kappa shape index (κ3) is 2.03. The highest BCUT2D eigenvalue weighted by atomic mass is 16.3. The Morgan fingerprint density at radius 2 is 1.65 bits per heavy atom. The van der Waals surface area contributed by atoms with Gasteiger partial charge in [-0.15, -0.1) is 0 Å². The van der Waals surface area contributed by atoms with Gasteiger partial charge in [-0.1, -0.05) is 42.5 Å². The first-order valence-electron chi connectivity index (χ1n) is 6.32. The number of phenolic OH excluding ortho intramolecular Hbond substituents is 1. The zero-order valence-corrected chi connectivity index (χ0v) is 10.7. The van der Waals surface area contributed by atoms with E-state index in [9.17, 15) is 14.7 Å². The minimum Gasteiger partial charge on any atom is -0.507 e. The SMILES string of the molecule is O=C1C=C(Cc2ccccc2)C(=O)c2c(O)cccc21. The Kier molecular flexibility index (Phi) is 2.95. The summed E-state index contributed by atoms with van der Waals surface area (Å²) in [5.74, 6) is -0.650. The molecule has 1 aliphatic rings. The average Bonchev–Trinajstić information content (AvgIpc) is 2.45. The molecule has 1 N–H and O–H groups in total. The molecule has 2 aromatic carbocycles. The molecule has 0 heterocycles. The molecule has 3 rings (SSSR count). The molecule has 0 saturated heterocycles. The lowest BCUT2D eigenvalue weighted by molar-refractivity contribution is 0.0980. The molecule has 3 heteroatoms. The number of fused-ring (bicyclic) bond motifs is 1. The van der Waals surface area contributed by atoms with Crippen molar-refractivity contribution in [3.05, 3.63) is 76.9 Å². The largest absolute Gasteiger partial charge is 0.507 e. The normalized spacial score (nSPS) is 13.9. The molecule has 0 aromatic heterocycles. The Balaban J connectivity index is 2.02. The number of aromatic hydroxyl groups is 1. The van der Waals surface area contributed by atoms with Crippen LogP contribution in [0.25, 0.3) is 0 Å². The van der Waals surface area contributed by atoms with Gasteiger partial charge in [0.2, 0.25) is 0 Å². The van der Waals surface area contributed by atoms with Crippen molar-refractivity contribution in [3.63, 3.8) is 0 Å². The highest BCUT2D eigenvalue weighted by molar-refractivity contribution is 6.25. The lowest BCUT2D eigenvalue weighted by atomic mass is 9.86. The number of benzene rings is 2. The summed E-state index contributed by atoms with van der Waals surface area (Å²) in [5, 5.41) is 9.83. The summed E-state index contributed by atoms with van der Waals surface area (Å²) >= 11 is 0. The number of carbonyl (C=O) groups is 2. The first-order valence-corrected chi connectivity index (χ1v) is 6.32. The molecule has 0 spiro atoms. The number of ketones is 2. The number of hydrogen-bond acceptors (Lipinski definition) is 3. The van der Waals surface area contributed by atoms with Gasteiger partial charge >= 0.3 is 0 Å². The molecule has 98 valence electrons. The molecule has 1 aliphatic carbocycles. The Morgan fingerprint density at radius 1 is 0.900 bits per heavy atom. The van der Waals surface area contributed by atoms with Crippen LogP contribution in [0.1, 0.15) is 26.3 Å². The van der Waals surface area contributed by atoms with Crippen molar-refractivity contribution < 1.29 is 14.7 Å². The Bertz CT molecular complexity index is 727. The average molecular weight is 264 g/mol. The Labute approximate surface area is 116 Å². The first kappa shape index (κ1) is 12.4. The van der Waals surface area contributed by atoms with E-state index in [1.165, 1.54) is 12.1 Å². The number of Topliss-reactive ketones (excluding diaryl/α,β-unsaturated/α-hetero) is 1. The van der Waals surface area contributed by atoms with Gasteiger partial charge in [-0.05, 0) is 17.7 Å². The number of hydrogen-bond donors (Lipinski definition) is 1. The van der Waals surface area contributed by atoms with E-state index in [1.54, 1.807) is 12.1 Å². The van der Waals surface area contributed by atoms with E-state index in [1.807, 2.05) is 30.3 Å². The van der Waals surface area contributed by atoms with Crippen LogP contribution in [0.4, 0.5) is 0 Å². The second-order valence-electron chi connectivity index (χ2n) is 4.73. The van der Waals surface area contributed by atoms with Gasteiger partial charge in [0, 0.05) is 17.6 Å². The standard InChI is InChI=1S/C17H12O3/c18-14-8-4-7-13-15(19)10-12(17(20)16(13)14)9-11-5-2-1-3-6-11/h1-8,10,18H,9H2. The number of allylic oxidation sites excluding steroid dienone is 2. The molecule has 20 heavy (non-hydrogen) atoms. The van der Waals surface area contributed by atoms with E-state index < -0.39 is 0 Å². The van der Waals surface area contributed by atoms with Crippen molar-refractivity contribution in [1.29, 1.82) is 0 Å². The smallest absolute Gasteiger partial charge is 0.193 e. The van der Waals surface area contributed by atoms with Gasteiger partial charge < -0.3 is 5.11 Å². The summed E-state index contributed by atoms with van der Waals surface area (Å²) in [7, 11) is 0. The van der Waals surface area contributed by atoms with Crippen molar-refractivity contribution in [3.8, 4) is 5.75 Å². The summed E-state index contributed by atoms with van der Waals surface area (Å²) in [4.78, 5) is 24.5. The molecule has 0 amide bonds. The van der Waals surface area contributed by atoms with Crippen LogP contribution in [-0.2, 0) is 6.42 Å². The van der Waals surface area contributed by atoms with Crippen LogP contribution < -0.4 is 0 Å². The third-order valence-corrected chi connectivity index (χ3v) is 3.37. The molecular weight excluding hydrogens is 252 g/mol. The fourth-order valence-electron chi connectivity index (χ4n) is 2.39.